The van der Waals surface area contributed by atoms with Crippen LogP contribution in [0.2, 0.25) is 0 Å². The van der Waals surface area contributed by atoms with Crippen LogP contribution in [0.15, 0.2) is 164 Å². The summed E-state index contributed by atoms with van der Waals surface area (Å²) >= 11 is 1.93. The van der Waals surface area contributed by atoms with Gasteiger partial charge in [0.05, 0.1) is 5.69 Å². The van der Waals surface area contributed by atoms with Gasteiger partial charge >= 0.3 is 0 Å². The topological polar surface area (TPSA) is 3.24 Å². The zero-order valence-corrected chi connectivity index (χ0v) is 25.8. The first kappa shape index (κ1) is 25.6. The highest BCUT2D eigenvalue weighted by Crippen LogP contribution is 2.50. The van der Waals surface area contributed by atoms with Gasteiger partial charge < -0.3 is 4.90 Å². The fraction of sp³-hybridized carbons (Fsp3) is 0. The number of fused-ring (bicyclic) bond motifs is 14. The standard InChI is InChI=1S/C44H27NS/c1-2-15-29(16-3-1)45(39-24-12-14-28-13-4-5-17-31(28)39)30-25-26-40-38(27-30)42-37-23-11-10-22-36(37)41-34-20-8-6-18-32(34)33-19-7-9-21-35(33)43(41)44(42)46-40/h1-27H. The number of thiophene rings is 1. The lowest BCUT2D eigenvalue weighted by atomic mass is 9.89. The second-order valence-electron chi connectivity index (χ2n) is 12.0. The van der Waals surface area contributed by atoms with Gasteiger partial charge in [-0.1, -0.05) is 127 Å². The largest absolute Gasteiger partial charge is 0.310 e. The van der Waals surface area contributed by atoms with Crippen molar-refractivity contribution in [2.75, 3.05) is 4.90 Å². The average molecular weight is 602 g/mol. The van der Waals surface area contributed by atoms with Crippen molar-refractivity contribution in [3.05, 3.63) is 164 Å². The summed E-state index contributed by atoms with van der Waals surface area (Å²) in [4.78, 5) is 2.41. The van der Waals surface area contributed by atoms with E-state index in [0.717, 1.165) is 11.4 Å². The van der Waals surface area contributed by atoms with E-state index >= 15 is 0 Å². The smallest absolute Gasteiger partial charge is 0.0540 e. The van der Waals surface area contributed by atoms with Gasteiger partial charge in [0, 0.05) is 42.3 Å². The van der Waals surface area contributed by atoms with Crippen molar-refractivity contribution in [3.63, 3.8) is 0 Å². The normalized spacial score (nSPS) is 11.9. The lowest BCUT2D eigenvalue weighted by Gasteiger charge is -2.27. The molecule has 0 saturated heterocycles. The number of hydrogen-bond acceptors (Lipinski definition) is 2. The van der Waals surface area contributed by atoms with E-state index in [1.807, 2.05) is 11.3 Å². The Hall–Kier alpha value is -5.70. The van der Waals surface area contributed by atoms with Crippen LogP contribution in [0.3, 0.4) is 0 Å². The van der Waals surface area contributed by atoms with Crippen LogP contribution in [0.1, 0.15) is 0 Å². The third-order valence-electron chi connectivity index (χ3n) is 9.58. The molecule has 10 aromatic rings. The summed E-state index contributed by atoms with van der Waals surface area (Å²) in [5.74, 6) is 0. The van der Waals surface area contributed by atoms with Crippen molar-refractivity contribution < 1.29 is 0 Å². The Morgan fingerprint density at radius 1 is 0.348 bits per heavy atom. The lowest BCUT2D eigenvalue weighted by Crippen LogP contribution is -2.10. The van der Waals surface area contributed by atoms with Crippen LogP contribution >= 0.6 is 11.3 Å². The molecule has 9 aromatic carbocycles. The van der Waals surface area contributed by atoms with E-state index in [-0.39, 0.29) is 0 Å². The number of nitrogens with zero attached hydrogens (tertiary/aromatic N) is 1. The predicted octanol–water partition coefficient (Wildman–Crippen LogP) is 13.3. The Morgan fingerprint density at radius 3 is 1.61 bits per heavy atom. The highest BCUT2D eigenvalue weighted by molar-refractivity contribution is 7.27. The predicted molar refractivity (Wildman–Crippen MR) is 202 cm³/mol. The minimum atomic E-state index is 1.14. The first-order valence-electron chi connectivity index (χ1n) is 15.8. The van der Waals surface area contributed by atoms with Crippen molar-refractivity contribution in [2.45, 2.75) is 0 Å². The number of hydrogen-bond donors (Lipinski definition) is 0. The molecule has 1 nitrogen and oxygen atoms in total. The molecule has 0 atom stereocenters. The molecule has 1 heterocycles. The van der Waals surface area contributed by atoms with E-state index in [4.69, 9.17) is 0 Å². The van der Waals surface area contributed by atoms with Gasteiger partial charge in [0.15, 0.2) is 0 Å². The van der Waals surface area contributed by atoms with Crippen LogP contribution in [0.5, 0.6) is 0 Å². The van der Waals surface area contributed by atoms with Crippen molar-refractivity contribution in [2.24, 2.45) is 0 Å². The molecule has 0 unspecified atom stereocenters. The first-order valence-corrected chi connectivity index (χ1v) is 16.6. The first-order chi connectivity index (χ1) is 22.8. The molecular weight excluding hydrogens is 575 g/mol. The Balaban J connectivity index is 1.36. The minimum Gasteiger partial charge on any atom is -0.310 e. The third-order valence-corrected chi connectivity index (χ3v) is 10.8. The summed E-state index contributed by atoms with van der Waals surface area (Å²) in [6.45, 7) is 0. The quantitative estimate of drug-likeness (QED) is 0.182. The van der Waals surface area contributed by atoms with E-state index in [9.17, 15) is 0 Å². The zero-order chi connectivity index (χ0) is 30.2. The van der Waals surface area contributed by atoms with Crippen molar-refractivity contribution in [1.82, 2.24) is 0 Å². The van der Waals surface area contributed by atoms with E-state index in [1.54, 1.807) is 0 Å². The number of para-hydroxylation sites is 1. The van der Waals surface area contributed by atoms with Gasteiger partial charge in [-0.25, -0.2) is 0 Å². The molecule has 0 spiro atoms. The van der Waals surface area contributed by atoms with Crippen LogP contribution in [-0.2, 0) is 0 Å². The fourth-order valence-electron chi connectivity index (χ4n) is 7.65. The number of benzene rings is 9. The van der Waals surface area contributed by atoms with Crippen LogP contribution < -0.4 is 4.90 Å². The zero-order valence-electron chi connectivity index (χ0n) is 24.9. The maximum Gasteiger partial charge on any atom is 0.0540 e. The van der Waals surface area contributed by atoms with Gasteiger partial charge in [0.1, 0.15) is 0 Å². The highest BCUT2D eigenvalue weighted by atomic mass is 32.1. The monoisotopic (exact) mass is 601 g/mol. The van der Waals surface area contributed by atoms with Crippen molar-refractivity contribution in [3.8, 4) is 0 Å². The van der Waals surface area contributed by atoms with E-state index < -0.39 is 0 Å². The van der Waals surface area contributed by atoms with Gasteiger partial charge in [-0.15, -0.1) is 11.3 Å². The molecular formula is C44H27NS. The van der Waals surface area contributed by atoms with E-state index in [1.165, 1.54) is 79.7 Å². The Bertz CT molecular complexity index is 2800. The maximum atomic E-state index is 2.42. The molecule has 0 aliphatic carbocycles. The molecule has 0 aliphatic rings. The van der Waals surface area contributed by atoms with E-state index in [2.05, 4.69) is 169 Å². The van der Waals surface area contributed by atoms with Gasteiger partial charge in [0.25, 0.3) is 0 Å². The molecule has 0 N–H and O–H groups in total. The highest BCUT2D eigenvalue weighted by Gasteiger charge is 2.21. The van der Waals surface area contributed by atoms with Crippen LogP contribution in [0.4, 0.5) is 17.1 Å². The molecule has 0 radical (unpaired) electrons. The third kappa shape index (κ3) is 3.62. The van der Waals surface area contributed by atoms with Gasteiger partial charge in [-0.05, 0) is 79.5 Å². The molecule has 10 rings (SSSR count). The van der Waals surface area contributed by atoms with Crippen LogP contribution in [0, 0.1) is 0 Å². The summed E-state index contributed by atoms with van der Waals surface area (Å²) in [7, 11) is 0. The summed E-state index contributed by atoms with van der Waals surface area (Å²) in [5, 5.41) is 15.7. The Morgan fingerprint density at radius 2 is 0.891 bits per heavy atom. The lowest BCUT2D eigenvalue weighted by molar-refractivity contribution is 1.30. The fourth-order valence-corrected chi connectivity index (χ4v) is 8.91. The molecule has 46 heavy (non-hydrogen) atoms. The summed E-state index contributed by atoms with van der Waals surface area (Å²) in [6, 6.07) is 60.0. The summed E-state index contributed by atoms with van der Waals surface area (Å²) in [5.41, 5.74) is 3.48. The van der Waals surface area contributed by atoms with Gasteiger partial charge in [-0.2, -0.15) is 0 Å². The van der Waals surface area contributed by atoms with Crippen LogP contribution in [0.25, 0.3) is 74.0 Å². The molecule has 214 valence electrons. The SMILES string of the molecule is c1ccc(N(c2ccc3sc4c(c3c2)c2ccccc2c2c3ccccc3c3ccccc3c42)c2cccc3ccccc23)cc1. The van der Waals surface area contributed by atoms with Crippen LogP contribution in [-0.4, -0.2) is 0 Å². The minimum absolute atomic E-state index is 1.14. The molecule has 0 fully saturated rings. The molecule has 0 bridgehead atoms. The maximum absolute atomic E-state index is 2.42. The Labute approximate surface area is 270 Å². The summed E-state index contributed by atoms with van der Waals surface area (Å²) < 4.78 is 2.67. The molecule has 2 heteroatoms. The van der Waals surface area contributed by atoms with Crippen molar-refractivity contribution >= 4 is 102 Å². The van der Waals surface area contributed by atoms with Gasteiger partial charge in [0.2, 0.25) is 0 Å². The number of rotatable bonds is 3. The summed E-state index contributed by atoms with van der Waals surface area (Å²) in [6.07, 6.45) is 0. The molecule has 0 saturated carbocycles. The second kappa shape index (κ2) is 9.90. The van der Waals surface area contributed by atoms with Gasteiger partial charge in [-0.3, -0.25) is 0 Å². The molecule has 0 amide bonds. The molecule has 1 aromatic heterocycles. The molecule has 0 aliphatic heterocycles. The van der Waals surface area contributed by atoms with Crippen molar-refractivity contribution in [1.29, 1.82) is 0 Å². The second-order valence-corrected chi connectivity index (χ2v) is 13.1. The number of anilines is 3. The Kier molecular flexibility index (Phi) is 5.51. The average Bonchev–Trinajstić information content (AvgIpc) is 3.51. The van der Waals surface area contributed by atoms with E-state index in [0.29, 0.717) is 0 Å².